The third-order valence-electron chi connectivity index (χ3n) is 5.20. The number of nitrogens with zero attached hydrogens (tertiary/aromatic N) is 3. The zero-order valence-corrected chi connectivity index (χ0v) is 16.2. The van der Waals surface area contributed by atoms with Crippen LogP contribution in [0.2, 0.25) is 0 Å². The fraction of sp³-hybridized carbons (Fsp3) is 0.350. The minimum atomic E-state index is -1.56. The minimum Gasteiger partial charge on any atom is -0.439 e. The number of hydrogen-bond donors (Lipinski definition) is 2. The average Bonchev–Trinajstić information content (AvgIpc) is 3.00. The number of amides is 1. The monoisotopic (exact) mass is 419 g/mol. The number of halogens is 3. The van der Waals surface area contributed by atoms with Crippen LogP contribution in [-0.4, -0.2) is 26.5 Å². The molecule has 2 heterocycles. The number of aromatic nitrogens is 3. The molecule has 0 saturated heterocycles. The van der Waals surface area contributed by atoms with Gasteiger partial charge in [0, 0.05) is 24.2 Å². The summed E-state index contributed by atoms with van der Waals surface area (Å²) in [6.07, 6.45) is 3.01. The van der Waals surface area contributed by atoms with Gasteiger partial charge in [-0.2, -0.15) is 4.98 Å². The normalized spacial score (nSPS) is 15.2. The number of fused-ring (bicyclic) bond motifs is 1. The third-order valence-corrected chi connectivity index (χ3v) is 5.20. The summed E-state index contributed by atoms with van der Waals surface area (Å²) < 4.78 is 47.5. The molecule has 2 aromatic heterocycles. The second-order valence-electron chi connectivity index (χ2n) is 7.28. The van der Waals surface area contributed by atoms with Crippen molar-refractivity contribution in [3.05, 3.63) is 47.5 Å². The number of nitrogens with two attached hydrogens (primary N) is 1. The highest BCUT2D eigenvalue weighted by atomic mass is 19.2. The van der Waals surface area contributed by atoms with Gasteiger partial charge in [0.15, 0.2) is 23.1 Å². The number of carbonyl (C=O) groups is 1. The van der Waals surface area contributed by atoms with Crippen LogP contribution in [0.1, 0.15) is 38.1 Å². The molecule has 0 aliphatic heterocycles. The van der Waals surface area contributed by atoms with Crippen LogP contribution >= 0.6 is 0 Å². The van der Waals surface area contributed by atoms with Gasteiger partial charge in [-0.15, -0.1) is 0 Å². The van der Waals surface area contributed by atoms with Crippen LogP contribution in [0.25, 0.3) is 11.2 Å². The Bertz CT molecular complexity index is 1090. The maximum atomic E-state index is 13.5. The smallest absolute Gasteiger partial charge is 0.234 e. The number of nitrogens with one attached hydrogen (secondary N) is 1. The number of pyridine rings is 1. The second-order valence-corrected chi connectivity index (χ2v) is 7.28. The molecule has 1 aliphatic rings. The van der Waals surface area contributed by atoms with Crippen molar-refractivity contribution in [2.75, 3.05) is 0 Å². The molecule has 10 heteroatoms. The molecule has 1 atom stereocenters. The minimum absolute atomic E-state index is 0.0957. The van der Waals surface area contributed by atoms with E-state index in [1.165, 1.54) is 6.07 Å². The Kier molecular flexibility index (Phi) is 5.33. The van der Waals surface area contributed by atoms with Crippen molar-refractivity contribution < 1.29 is 22.7 Å². The topological polar surface area (TPSA) is 95.1 Å². The first kappa shape index (κ1) is 20.1. The van der Waals surface area contributed by atoms with E-state index in [0.29, 0.717) is 23.5 Å². The van der Waals surface area contributed by atoms with Gasteiger partial charge in [-0.3, -0.25) is 10.1 Å². The van der Waals surface area contributed by atoms with E-state index >= 15 is 0 Å². The van der Waals surface area contributed by atoms with Crippen LogP contribution in [0.3, 0.4) is 0 Å². The standard InChI is InChI=1S/C20H20F3N5O2/c1-10(19(24)29)25-9-16-26-15-5-6-17(27-20(15)28(16)11-3-2-4-11)30-12-7-13(21)18(23)14(22)8-12/h5-8,10-11,25H,2-4,9H2,1H3,(H2,24,29)/t10-/m0/s1. The Hall–Kier alpha value is -3.14. The quantitative estimate of drug-likeness (QED) is 0.573. The first-order valence-electron chi connectivity index (χ1n) is 9.56. The summed E-state index contributed by atoms with van der Waals surface area (Å²) in [4.78, 5) is 20.3. The Balaban J connectivity index is 1.66. The Morgan fingerprint density at radius 2 is 1.97 bits per heavy atom. The predicted octanol–water partition coefficient (Wildman–Crippen LogP) is 3.33. The molecule has 1 aliphatic carbocycles. The van der Waals surface area contributed by atoms with Gasteiger partial charge in [-0.1, -0.05) is 0 Å². The van der Waals surface area contributed by atoms with Crippen LogP contribution in [0, 0.1) is 17.5 Å². The average molecular weight is 419 g/mol. The summed E-state index contributed by atoms with van der Waals surface area (Å²) >= 11 is 0. The van der Waals surface area contributed by atoms with Crippen LogP contribution < -0.4 is 15.8 Å². The molecule has 1 fully saturated rings. The van der Waals surface area contributed by atoms with Gasteiger partial charge in [0.05, 0.1) is 12.6 Å². The number of carbonyl (C=O) groups excluding carboxylic acids is 1. The molecule has 158 valence electrons. The second kappa shape index (κ2) is 7.94. The van der Waals surface area contributed by atoms with Gasteiger partial charge in [-0.05, 0) is 32.3 Å². The molecular weight excluding hydrogens is 399 g/mol. The Labute approximate surface area is 170 Å². The molecule has 7 nitrogen and oxygen atoms in total. The molecule has 0 unspecified atom stereocenters. The molecule has 30 heavy (non-hydrogen) atoms. The molecule has 0 bridgehead atoms. The van der Waals surface area contributed by atoms with Crippen molar-refractivity contribution in [3.63, 3.8) is 0 Å². The SMILES string of the molecule is C[C@H](NCc1nc2ccc(Oc3cc(F)c(F)c(F)c3)nc2n1C1CCC1)C(N)=O. The Morgan fingerprint density at radius 3 is 2.57 bits per heavy atom. The molecule has 0 spiro atoms. The maximum absolute atomic E-state index is 13.5. The molecule has 3 N–H and O–H groups in total. The van der Waals surface area contributed by atoms with Gasteiger partial charge < -0.3 is 15.0 Å². The van der Waals surface area contributed by atoms with E-state index in [1.54, 1.807) is 13.0 Å². The fourth-order valence-corrected chi connectivity index (χ4v) is 3.27. The van der Waals surface area contributed by atoms with Crippen molar-refractivity contribution in [3.8, 4) is 11.6 Å². The summed E-state index contributed by atoms with van der Waals surface area (Å²) in [5.74, 6) is -4.12. The lowest BCUT2D eigenvalue weighted by Crippen LogP contribution is -2.39. The lowest BCUT2D eigenvalue weighted by molar-refractivity contribution is -0.119. The molecule has 1 saturated carbocycles. The zero-order valence-electron chi connectivity index (χ0n) is 16.2. The largest absolute Gasteiger partial charge is 0.439 e. The number of rotatable bonds is 7. The van der Waals surface area contributed by atoms with Crippen molar-refractivity contribution in [2.24, 2.45) is 5.73 Å². The third kappa shape index (κ3) is 3.82. The lowest BCUT2D eigenvalue weighted by Gasteiger charge is -2.29. The number of primary amides is 1. The van der Waals surface area contributed by atoms with Crippen LogP contribution in [0.15, 0.2) is 24.3 Å². The van der Waals surface area contributed by atoms with Crippen LogP contribution in [0.5, 0.6) is 11.6 Å². The molecule has 4 rings (SSSR count). The number of hydrogen-bond acceptors (Lipinski definition) is 5. The fourth-order valence-electron chi connectivity index (χ4n) is 3.27. The number of imidazole rings is 1. The van der Waals surface area contributed by atoms with Gasteiger partial charge in [0.25, 0.3) is 0 Å². The van der Waals surface area contributed by atoms with E-state index in [9.17, 15) is 18.0 Å². The van der Waals surface area contributed by atoms with E-state index < -0.39 is 29.4 Å². The lowest BCUT2D eigenvalue weighted by atomic mass is 9.93. The molecular formula is C20H20F3N5O2. The van der Waals surface area contributed by atoms with E-state index in [0.717, 1.165) is 31.4 Å². The van der Waals surface area contributed by atoms with Crippen molar-refractivity contribution in [2.45, 2.75) is 44.8 Å². The van der Waals surface area contributed by atoms with Crippen molar-refractivity contribution in [1.82, 2.24) is 19.9 Å². The first-order valence-corrected chi connectivity index (χ1v) is 9.56. The summed E-state index contributed by atoms with van der Waals surface area (Å²) in [5.41, 5.74) is 6.48. The van der Waals surface area contributed by atoms with E-state index in [-0.39, 0.29) is 17.7 Å². The van der Waals surface area contributed by atoms with Crippen LogP contribution in [-0.2, 0) is 11.3 Å². The van der Waals surface area contributed by atoms with E-state index in [4.69, 9.17) is 10.5 Å². The summed E-state index contributed by atoms with van der Waals surface area (Å²) in [6.45, 7) is 1.99. The zero-order chi connectivity index (χ0) is 21.4. The van der Waals surface area contributed by atoms with Crippen molar-refractivity contribution in [1.29, 1.82) is 0 Å². The maximum Gasteiger partial charge on any atom is 0.234 e. The first-order chi connectivity index (χ1) is 14.3. The van der Waals surface area contributed by atoms with Gasteiger partial charge in [-0.25, -0.2) is 18.2 Å². The highest BCUT2D eigenvalue weighted by Crippen LogP contribution is 2.36. The van der Waals surface area contributed by atoms with Crippen molar-refractivity contribution >= 4 is 17.1 Å². The van der Waals surface area contributed by atoms with Gasteiger partial charge >= 0.3 is 0 Å². The Morgan fingerprint density at radius 1 is 1.27 bits per heavy atom. The van der Waals surface area contributed by atoms with E-state index in [2.05, 4.69) is 15.3 Å². The molecule has 3 aromatic rings. The highest BCUT2D eigenvalue weighted by Gasteiger charge is 2.26. The molecule has 0 radical (unpaired) electrons. The number of ether oxygens (including phenoxy) is 1. The summed E-state index contributed by atoms with van der Waals surface area (Å²) in [5, 5.41) is 3.04. The van der Waals surface area contributed by atoms with Gasteiger partial charge in [0.1, 0.15) is 17.1 Å². The van der Waals surface area contributed by atoms with E-state index in [1.807, 2.05) is 4.57 Å². The number of benzene rings is 1. The highest BCUT2D eigenvalue weighted by molar-refractivity contribution is 5.79. The van der Waals surface area contributed by atoms with Crippen LogP contribution in [0.4, 0.5) is 13.2 Å². The van der Waals surface area contributed by atoms with Gasteiger partial charge in [0.2, 0.25) is 11.8 Å². The summed E-state index contributed by atoms with van der Waals surface area (Å²) in [7, 11) is 0. The molecule has 1 aromatic carbocycles. The summed E-state index contributed by atoms with van der Waals surface area (Å²) in [6, 6.07) is 4.41. The molecule has 1 amide bonds. The predicted molar refractivity (Wildman–Crippen MR) is 102 cm³/mol.